The quantitative estimate of drug-likeness (QED) is 0.377. The van der Waals surface area contributed by atoms with Gasteiger partial charge in [0.1, 0.15) is 5.82 Å². The second-order valence-electron chi connectivity index (χ2n) is 7.07. The van der Waals surface area contributed by atoms with Gasteiger partial charge in [-0.3, -0.25) is 9.59 Å². The van der Waals surface area contributed by atoms with Crippen molar-refractivity contribution in [3.05, 3.63) is 53.9 Å². The van der Waals surface area contributed by atoms with Crippen LogP contribution < -0.4 is 5.32 Å². The number of amides is 1. The molecule has 1 aromatic carbocycles. The summed E-state index contributed by atoms with van der Waals surface area (Å²) in [5, 5.41) is 11.9. The number of carbonyl (C=O) groups is 2. The molecule has 148 valence electrons. The maximum Gasteiger partial charge on any atom is 0.216 e. The summed E-state index contributed by atoms with van der Waals surface area (Å²) in [4.78, 5) is 23.8. The van der Waals surface area contributed by atoms with Crippen molar-refractivity contribution in [2.75, 3.05) is 6.54 Å². The Morgan fingerprint density at radius 3 is 2.64 bits per heavy atom. The van der Waals surface area contributed by atoms with Crippen molar-refractivity contribution in [1.82, 2.24) is 20.1 Å². The van der Waals surface area contributed by atoms with Crippen molar-refractivity contribution >= 4 is 23.5 Å². The Balaban J connectivity index is 1.63. The fourth-order valence-electron chi connectivity index (χ4n) is 3.00. The third kappa shape index (κ3) is 5.10. The van der Waals surface area contributed by atoms with Gasteiger partial charge in [0.25, 0.3) is 0 Å². The van der Waals surface area contributed by atoms with Gasteiger partial charge in [-0.2, -0.15) is 0 Å². The molecule has 1 aromatic heterocycles. The van der Waals surface area contributed by atoms with Crippen LogP contribution in [-0.4, -0.2) is 38.2 Å². The van der Waals surface area contributed by atoms with Crippen molar-refractivity contribution < 1.29 is 9.59 Å². The highest BCUT2D eigenvalue weighted by Gasteiger charge is 2.31. The third-order valence-electron chi connectivity index (χ3n) is 4.68. The van der Waals surface area contributed by atoms with Gasteiger partial charge in [0.15, 0.2) is 10.9 Å². The zero-order valence-electron chi connectivity index (χ0n) is 16.4. The van der Waals surface area contributed by atoms with Crippen molar-refractivity contribution in [3.63, 3.8) is 0 Å². The van der Waals surface area contributed by atoms with E-state index in [9.17, 15) is 9.59 Å². The Labute approximate surface area is 169 Å². The highest BCUT2D eigenvalue weighted by atomic mass is 32.2. The topological polar surface area (TPSA) is 76.9 Å². The minimum Gasteiger partial charge on any atom is -0.356 e. The van der Waals surface area contributed by atoms with Crippen molar-refractivity contribution in [2.24, 2.45) is 0 Å². The number of thioether (sulfide) groups is 1. The summed E-state index contributed by atoms with van der Waals surface area (Å²) < 4.78 is 2.07. The number of allylic oxidation sites excluding steroid dienone is 1. The predicted octanol–water partition coefficient (Wildman–Crippen LogP) is 3.38. The zero-order valence-corrected chi connectivity index (χ0v) is 17.2. The second-order valence-corrected chi connectivity index (χ2v) is 8.38. The van der Waals surface area contributed by atoms with Gasteiger partial charge >= 0.3 is 0 Å². The number of ketones is 1. The summed E-state index contributed by atoms with van der Waals surface area (Å²) in [6.45, 7) is 8.48. The standard InChI is InChI=1S/C21H26N4O2S/c1-4-13-25-20(18-9-10-18)23-24-21(25)28-14(2)19(27)17-7-5-16(6-8-17)11-12-22-15(3)26/h4-8,14,18H,1,9-13H2,2-3H3,(H,22,26). The Bertz CT molecular complexity index is 856. The van der Waals surface area contributed by atoms with Crippen LogP contribution in [0.15, 0.2) is 42.1 Å². The molecule has 6 nitrogen and oxygen atoms in total. The van der Waals surface area contributed by atoms with Gasteiger partial charge in [0, 0.05) is 31.5 Å². The highest BCUT2D eigenvalue weighted by Crippen LogP contribution is 2.40. The van der Waals surface area contributed by atoms with Crippen LogP contribution in [0.2, 0.25) is 0 Å². The number of aromatic nitrogens is 3. The van der Waals surface area contributed by atoms with Crippen LogP contribution in [0.5, 0.6) is 0 Å². The molecule has 1 aliphatic rings. The zero-order chi connectivity index (χ0) is 20.1. The monoisotopic (exact) mass is 398 g/mol. The lowest BCUT2D eigenvalue weighted by atomic mass is 10.0. The molecule has 1 N–H and O–H groups in total. The molecular weight excluding hydrogens is 372 g/mol. The maximum absolute atomic E-state index is 12.8. The molecule has 0 aliphatic heterocycles. The van der Waals surface area contributed by atoms with Crippen LogP contribution in [0.25, 0.3) is 0 Å². The first-order valence-corrected chi connectivity index (χ1v) is 10.5. The summed E-state index contributed by atoms with van der Waals surface area (Å²) >= 11 is 1.44. The Hall–Kier alpha value is -2.41. The van der Waals surface area contributed by atoms with E-state index < -0.39 is 0 Å². The summed E-state index contributed by atoms with van der Waals surface area (Å²) in [7, 11) is 0. The molecule has 1 amide bonds. The molecule has 2 aromatic rings. The number of hydrogen-bond donors (Lipinski definition) is 1. The van der Waals surface area contributed by atoms with Crippen LogP contribution in [-0.2, 0) is 17.8 Å². The Kier molecular flexibility index (Phi) is 6.67. The third-order valence-corrected chi connectivity index (χ3v) is 5.76. The Morgan fingerprint density at radius 1 is 1.32 bits per heavy atom. The number of carbonyl (C=O) groups excluding carboxylic acids is 2. The number of hydrogen-bond acceptors (Lipinski definition) is 5. The van der Waals surface area contributed by atoms with Gasteiger partial charge in [0.2, 0.25) is 5.91 Å². The lowest BCUT2D eigenvalue weighted by Gasteiger charge is -2.12. The first-order valence-electron chi connectivity index (χ1n) is 9.57. The van der Waals surface area contributed by atoms with Gasteiger partial charge in [-0.15, -0.1) is 16.8 Å². The van der Waals surface area contributed by atoms with E-state index in [2.05, 4.69) is 26.7 Å². The largest absolute Gasteiger partial charge is 0.356 e. The van der Waals surface area contributed by atoms with E-state index in [4.69, 9.17) is 0 Å². The van der Waals surface area contributed by atoms with E-state index in [1.807, 2.05) is 37.3 Å². The van der Waals surface area contributed by atoms with Gasteiger partial charge in [0.05, 0.1) is 5.25 Å². The molecule has 1 heterocycles. The lowest BCUT2D eigenvalue weighted by Crippen LogP contribution is -2.22. The molecule has 0 spiro atoms. The minimum atomic E-state index is -0.259. The number of rotatable bonds is 10. The maximum atomic E-state index is 12.8. The molecule has 0 bridgehead atoms. The molecule has 7 heteroatoms. The van der Waals surface area contributed by atoms with Crippen LogP contribution in [0.4, 0.5) is 0 Å². The molecule has 0 saturated heterocycles. The average molecular weight is 399 g/mol. The Morgan fingerprint density at radius 2 is 2.04 bits per heavy atom. The molecule has 1 atom stereocenters. The molecular formula is C21H26N4O2S. The first-order chi connectivity index (χ1) is 13.5. The van der Waals surface area contributed by atoms with E-state index in [1.165, 1.54) is 18.7 Å². The van der Waals surface area contributed by atoms with Gasteiger partial charge in [-0.1, -0.05) is 42.1 Å². The molecule has 1 saturated carbocycles. The van der Waals surface area contributed by atoms with E-state index in [-0.39, 0.29) is 16.9 Å². The van der Waals surface area contributed by atoms with Crippen LogP contribution in [0.3, 0.4) is 0 Å². The average Bonchev–Trinajstić information content (AvgIpc) is 3.45. The number of nitrogens with one attached hydrogen (secondary N) is 1. The van der Waals surface area contributed by atoms with E-state index in [0.29, 0.717) is 24.6 Å². The summed E-state index contributed by atoms with van der Waals surface area (Å²) in [6, 6.07) is 7.59. The number of nitrogens with zero attached hydrogens (tertiary/aromatic N) is 3. The smallest absolute Gasteiger partial charge is 0.216 e. The van der Waals surface area contributed by atoms with Gasteiger partial charge in [-0.05, 0) is 31.7 Å². The van der Waals surface area contributed by atoms with E-state index in [0.717, 1.165) is 35.8 Å². The molecule has 1 fully saturated rings. The first kappa shape index (κ1) is 20.3. The predicted molar refractivity (Wildman–Crippen MR) is 111 cm³/mol. The highest BCUT2D eigenvalue weighted by molar-refractivity contribution is 8.00. The van der Waals surface area contributed by atoms with E-state index >= 15 is 0 Å². The minimum absolute atomic E-state index is 0.0354. The van der Waals surface area contributed by atoms with Crippen LogP contribution in [0, 0.1) is 0 Å². The van der Waals surface area contributed by atoms with Gasteiger partial charge < -0.3 is 9.88 Å². The second kappa shape index (κ2) is 9.19. The lowest BCUT2D eigenvalue weighted by molar-refractivity contribution is -0.118. The van der Waals surface area contributed by atoms with Crippen molar-refractivity contribution in [1.29, 1.82) is 0 Å². The SMILES string of the molecule is C=CCn1c(SC(C)C(=O)c2ccc(CCNC(C)=O)cc2)nnc1C1CC1. The number of Topliss-reactive ketones (excluding diaryl/α,β-unsaturated/α-hetero) is 1. The normalized spacial score (nSPS) is 14.5. The van der Waals surface area contributed by atoms with Gasteiger partial charge in [-0.25, -0.2) is 0 Å². The van der Waals surface area contributed by atoms with Crippen LogP contribution >= 0.6 is 11.8 Å². The fraction of sp³-hybridized carbons (Fsp3) is 0.429. The summed E-state index contributed by atoms with van der Waals surface area (Å²) in [5.74, 6) is 1.54. The fourth-order valence-corrected chi connectivity index (χ4v) is 3.94. The molecule has 1 unspecified atom stereocenters. The summed E-state index contributed by atoms with van der Waals surface area (Å²) in [6.07, 6.45) is 4.89. The van der Waals surface area contributed by atoms with E-state index in [1.54, 1.807) is 0 Å². The molecule has 0 radical (unpaired) electrons. The van der Waals surface area contributed by atoms with Crippen molar-refractivity contribution in [2.45, 2.75) is 56.0 Å². The molecule has 1 aliphatic carbocycles. The summed E-state index contributed by atoms with van der Waals surface area (Å²) in [5.41, 5.74) is 1.77. The molecule has 28 heavy (non-hydrogen) atoms. The number of benzene rings is 1. The van der Waals surface area contributed by atoms with Crippen molar-refractivity contribution in [3.8, 4) is 0 Å². The molecule has 3 rings (SSSR count). The van der Waals surface area contributed by atoms with Crippen LogP contribution in [0.1, 0.15) is 54.4 Å².